The number of carbonyl (C=O) groups is 1. The Labute approximate surface area is 95.9 Å². The third kappa shape index (κ3) is 2.83. The van der Waals surface area contributed by atoms with Crippen molar-refractivity contribution in [2.24, 2.45) is 11.8 Å². The van der Waals surface area contributed by atoms with E-state index in [1.807, 2.05) is 13.8 Å². The molecule has 0 bridgehead atoms. The van der Waals surface area contributed by atoms with Gasteiger partial charge in [-0.3, -0.25) is 4.79 Å². The summed E-state index contributed by atoms with van der Waals surface area (Å²) in [6.45, 7) is 5.30. The number of aliphatic hydroxyl groups is 2. The van der Waals surface area contributed by atoms with Crippen LogP contribution in [0.15, 0.2) is 12.2 Å². The molecule has 1 fully saturated rings. The highest BCUT2D eigenvalue weighted by molar-refractivity contribution is 5.73. The van der Waals surface area contributed by atoms with Crippen LogP contribution in [0.5, 0.6) is 0 Å². The van der Waals surface area contributed by atoms with Gasteiger partial charge in [0.05, 0.1) is 18.1 Å². The predicted molar refractivity (Wildman–Crippen MR) is 59.7 cm³/mol. The van der Waals surface area contributed by atoms with E-state index in [1.165, 1.54) is 0 Å². The molecule has 1 aliphatic rings. The minimum atomic E-state index is -0.691. The maximum Gasteiger partial charge on any atom is 0.311 e. The average Bonchev–Trinajstić information content (AvgIpc) is 2.23. The topological polar surface area (TPSA) is 66.8 Å². The molecule has 0 unspecified atom stereocenters. The van der Waals surface area contributed by atoms with Crippen LogP contribution in [0.4, 0.5) is 0 Å². The van der Waals surface area contributed by atoms with Crippen molar-refractivity contribution < 1.29 is 19.7 Å². The Balaban J connectivity index is 2.63. The first-order valence-corrected chi connectivity index (χ1v) is 5.66. The molecule has 0 radical (unpaired) electrons. The standard InChI is InChI=1S/C12H20O4/c1-4-5-9(13)6-10-7(2)11(14)8(3)12(15)16-10/h4-5,7-11,13-14H,6H2,1-3H3/b5-4+/t7-,8+,9+,10-,11-/m1/s1. The van der Waals surface area contributed by atoms with Crippen molar-refractivity contribution in [1.82, 2.24) is 0 Å². The Morgan fingerprint density at radius 1 is 1.50 bits per heavy atom. The van der Waals surface area contributed by atoms with Crippen LogP contribution in [0.2, 0.25) is 0 Å². The van der Waals surface area contributed by atoms with Crippen molar-refractivity contribution in [3.8, 4) is 0 Å². The summed E-state index contributed by atoms with van der Waals surface area (Å²) in [5.74, 6) is -1.01. The number of ether oxygens (including phenoxy) is 1. The van der Waals surface area contributed by atoms with Crippen molar-refractivity contribution in [2.75, 3.05) is 0 Å². The summed E-state index contributed by atoms with van der Waals surface area (Å²) >= 11 is 0. The lowest BCUT2D eigenvalue weighted by Gasteiger charge is -2.36. The van der Waals surface area contributed by atoms with Gasteiger partial charge in [-0.05, 0) is 13.8 Å². The second kappa shape index (κ2) is 5.46. The first-order chi connectivity index (χ1) is 7.47. The van der Waals surface area contributed by atoms with E-state index in [2.05, 4.69) is 0 Å². The van der Waals surface area contributed by atoms with Gasteiger partial charge in [0.25, 0.3) is 0 Å². The molecule has 0 aromatic rings. The summed E-state index contributed by atoms with van der Waals surface area (Å²) in [4.78, 5) is 11.4. The summed E-state index contributed by atoms with van der Waals surface area (Å²) in [6, 6.07) is 0. The van der Waals surface area contributed by atoms with E-state index in [0.717, 1.165) is 0 Å². The highest BCUT2D eigenvalue weighted by Crippen LogP contribution is 2.28. The number of hydrogen-bond acceptors (Lipinski definition) is 4. The SMILES string of the molecule is C/C=C/[C@H](O)C[C@H]1OC(=O)[C@@H](C)[C@H](O)[C@@H]1C. The molecule has 16 heavy (non-hydrogen) atoms. The molecule has 92 valence electrons. The van der Waals surface area contributed by atoms with Gasteiger partial charge in [-0.15, -0.1) is 0 Å². The molecular weight excluding hydrogens is 208 g/mol. The lowest BCUT2D eigenvalue weighted by Crippen LogP contribution is -2.47. The molecule has 4 nitrogen and oxygen atoms in total. The summed E-state index contributed by atoms with van der Waals surface area (Å²) < 4.78 is 5.21. The van der Waals surface area contributed by atoms with Gasteiger partial charge in [-0.1, -0.05) is 19.1 Å². The van der Waals surface area contributed by atoms with E-state index in [9.17, 15) is 15.0 Å². The summed E-state index contributed by atoms with van der Waals surface area (Å²) in [7, 11) is 0. The molecule has 0 amide bonds. The second-order valence-electron chi connectivity index (χ2n) is 4.44. The number of carbonyl (C=O) groups excluding carboxylic acids is 1. The van der Waals surface area contributed by atoms with E-state index >= 15 is 0 Å². The number of esters is 1. The van der Waals surface area contributed by atoms with Gasteiger partial charge < -0.3 is 14.9 Å². The third-order valence-corrected chi connectivity index (χ3v) is 3.17. The predicted octanol–water partition coefficient (Wildman–Crippen LogP) is 0.872. The van der Waals surface area contributed by atoms with Crippen LogP contribution in [-0.4, -0.2) is 34.5 Å². The average molecular weight is 228 g/mol. The van der Waals surface area contributed by atoms with Crippen molar-refractivity contribution in [3.05, 3.63) is 12.2 Å². The lowest BCUT2D eigenvalue weighted by atomic mass is 9.84. The Morgan fingerprint density at radius 3 is 2.69 bits per heavy atom. The van der Waals surface area contributed by atoms with Crippen molar-refractivity contribution in [1.29, 1.82) is 0 Å². The number of aliphatic hydroxyl groups excluding tert-OH is 2. The smallest absolute Gasteiger partial charge is 0.311 e. The molecule has 0 aromatic carbocycles. The molecule has 0 saturated carbocycles. The van der Waals surface area contributed by atoms with Crippen LogP contribution in [0.25, 0.3) is 0 Å². The Bertz CT molecular complexity index is 274. The van der Waals surface area contributed by atoms with Crippen LogP contribution in [-0.2, 0) is 9.53 Å². The van der Waals surface area contributed by atoms with Crippen LogP contribution in [0, 0.1) is 11.8 Å². The summed E-state index contributed by atoms with van der Waals surface area (Å²) in [5.41, 5.74) is 0. The first kappa shape index (κ1) is 13.2. The first-order valence-electron chi connectivity index (χ1n) is 5.66. The van der Waals surface area contributed by atoms with Crippen molar-refractivity contribution in [3.63, 3.8) is 0 Å². The van der Waals surface area contributed by atoms with Crippen LogP contribution in [0.1, 0.15) is 27.2 Å². The van der Waals surface area contributed by atoms with Gasteiger partial charge in [-0.2, -0.15) is 0 Å². The molecule has 2 N–H and O–H groups in total. The van der Waals surface area contributed by atoms with Crippen molar-refractivity contribution >= 4 is 5.97 Å². The fraction of sp³-hybridized carbons (Fsp3) is 0.750. The minimum absolute atomic E-state index is 0.146. The number of allylic oxidation sites excluding steroid dienone is 1. The van der Waals surface area contributed by atoms with Gasteiger partial charge in [0.1, 0.15) is 6.10 Å². The lowest BCUT2D eigenvalue weighted by molar-refractivity contribution is -0.179. The second-order valence-corrected chi connectivity index (χ2v) is 4.44. The monoisotopic (exact) mass is 228 g/mol. The fourth-order valence-electron chi connectivity index (χ4n) is 1.98. The Hall–Kier alpha value is -0.870. The zero-order valence-corrected chi connectivity index (χ0v) is 9.96. The van der Waals surface area contributed by atoms with Gasteiger partial charge in [0.2, 0.25) is 0 Å². The number of cyclic esters (lactones) is 1. The highest BCUT2D eigenvalue weighted by atomic mass is 16.5. The van der Waals surface area contributed by atoms with Crippen LogP contribution < -0.4 is 0 Å². The normalized spacial score (nSPS) is 37.4. The molecule has 1 saturated heterocycles. The van der Waals surface area contributed by atoms with E-state index < -0.39 is 24.2 Å². The molecule has 4 heteroatoms. The van der Waals surface area contributed by atoms with Gasteiger partial charge in [-0.25, -0.2) is 0 Å². The zero-order valence-electron chi connectivity index (χ0n) is 9.96. The maximum atomic E-state index is 11.4. The third-order valence-electron chi connectivity index (χ3n) is 3.17. The molecule has 0 aliphatic carbocycles. The highest BCUT2D eigenvalue weighted by Gasteiger charge is 2.40. The quantitative estimate of drug-likeness (QED) is 0.555. The molecule has 1 heterocycles. The molecule has 1 rings (SSSR count). The fourth-order valence-corrected chi connectivity index (χ4v) is 1.98. The number of rotatable bonds is 3. The molecule has 5 atom stereocenters. The van der Waals surface area contributed by atoms with E-state index in [-0.39, 0.29) is 11.9 Å². The maximum absolute atomic E-state index is 11.4. The molecular formula is C12H20O4. The van der Waals surface area contributed by atoms with Crippen LogP contribution in [0.3, 0.4) is 0 Å². The summed E-state index contributed by atoms with van der Waals surface area (Å²) in [5, 5.41) is 19.4. The van der Waals surface area contributed by atoms with E-state index in [0.29, 0.717) is 6.42 Å². The largest absolute Gasteiger partial charge is 0.462 e. The van der Waals surface area contributed by atoms with E-state index in [4.69, 9.17) is 4.74 Å². The van der Waals surface area contributed by atoms with E-state index in [1.54, 1.807) is 19.1 Å². The molecule has 0 spiro atoms. The Morgan fingerprint density at radius 2 is 2.12 bits per heavy atom. The van der Waals surface area contributed by atoms with Gasteiger partial charge in [0, 0.05) is 12.3 Å². The molecule has 1 aliphatic heterocycles. The molecule has 0 aromatic heterocycles. The number of hydrogen-bond donors (Lipinski definition) is 2. The van der Waals surface area contributed by atoms with Gasteiger partial charge in [0.15, 0.2) is 0 Å². The van der Waals surface area contributed by atoms with Gasteiger partial charge >= 0.3 is 5.97 Å². The van der Waals surface area contributed by atoms with Crippen LogP contribution >= 0.6 is 0 Å². The Kier molecular flexibility index (Phi) is 4.50. The van der Waals surface area contributed by atoms with Crippen molar-refractivity contribution in [2.45, 2.75) is 45.5 Å². The zero-order chi connectivity index (χ0) is 12.3. The summed E-state index contributed by atoms with van der Waals surface area (Å²) in [6.07, 6.45) is 1.99. The minimum Gasteiger partial charge on any atom is -0.462 e.